The zero-order valence-corrected chi connectivity index (χ0v) is 15.2. The lowest BCUT2D eigenvalue weighted by molar-refractivity contribution is 0.0932. The van der Waals surface area contributed by atoms with Crippen LogP contribution in [-0.4, -0.2) is 16.0 Å². The molecular formula is C21H17N3O2S. The minimum Gasteiger partial charge on any atom is -0.339 e. The van der Waals surface area contributed by atoms with Crippen LogP contribution in [0.15, 0.2) is 82.7 Å². The van der Waals surface area contributed by atoms with Crippen molar-refractivity contribution in [1.82, 2.24) is 15.5 Å². The van der Waals surface area contributed by atoms with Gasteiger partial charge in [0.05, 0.1) is 4.88 Å². The van der Waals surface area contributed by atoms with E-state index < -0.39 is 6.04 Å². The fourth-order valence-electron chi connectivity index (χ4n) is 2.77. The second-order valence-corrected chi connectivity index (χ2v) is 6.96. The maximum absolute atomic E-state index is 12.6. The molecule has 0 spiro atoms. The summed E-state index contributed by atoms with van der Waals surface area (Å²) in [6.07, 6.45) is 0.564. The van der Waals surface area contributed by atoms with Crippen LogP contribution in [0.25, 0.3) is 11.4 Å². The number of carbonyl (C=O) groups excluding carboxylic acids is 1. The van der Waals surface area contributed by atoms with Gasteiger partial charge in [0.1, 0.15) is 6.04 Å². The number of rotatable bonds is 6. The van der Waals surface area contributed by atoms with Gasteiger partial charge < -0.3 is 9.84 Å². The molecule has 2 heterocycles. The second-order valence-electron chi connectivity index (χ2n) is 6.02. The van der Waals surface area contributed by atoms with Gasteiger partial charge in [0.15, 0.2) is 0 Å². The number of benzene rings is 2. The van der Waals surface area contributed by atoms with Crippen LogP contribution in [0.1, 0.15) is 27.2 Å². The van der Waals surface area contributed by atoms with Gasteiger partial charge >= 0.3 is 0 Å². The molecule has 0 aliphatic heterocycles. The lowest BCUT2D eigenvalue weighted by Gasteiger charge is -2.14. The Bertz CT molecular complexity index is 998. The molecule has 0 radical (unpaired) electrons. The minimum atomic E-state index is -0.410. The smallest absolute Gasteiger partial charge is 0.262 e. The molecule has 0 fully saturated rings. The first-order valence-electron chi connectivity index (χ1n) is 8.57. The van der Waals surface area contributed by atoms with E-state index in [0.717, 1.165) is 11.1 Å². The zero-order valence-electron chi connectivity index (χ0n) is 14.4. The Morgan fingerprint density at radius 1 is 1.00 bits per heavy atom. The van der Waals surface area contributed by atoms with Crippen molar-refractivity contribution in [1.29, 1.82) is 0 Å². The van der Waals surface area contributed by atoms with Crippen molar-refractivity contribution in [2.24, 2.45) is 0 Å². The average molecular weight is 375 g/mol. The SMILES string of the molecule is O=C(NC(Cc1ccccc1)c1nc(-c2ccccc2)no1)c1cccs1. The molecule has 2 aromatic carbocycles. The quantitative estimate of drug-likeness (QED) is 0.538. The highest BCUT2D eigenvalue weighted by atomic mass is 32.1. The molecule has 1 unspecified atom stereocenters. The molecule has 134 valence electrons. The Labute approximate surface area is 160 Å². The van der Waals surface area contributed by atoms with E-state index in [-0.39, 0.29) is 5.91 Å². The largest absolute Gasteiger partial charge is 0.339 e. The van der Waals surface area contributed by atoms with Crippen molar-refractivity contribution in [3.63, 3.8) is 0 Å². The third-order valence-electron chi connectivity index (χ3n) is 4.10. The number of nitrogens with zero attached hydrogens (tertiary/aromatic N) is 2. The van der Waals surface area contributed by atoms with Gasteiger partial charge in [-0.15, -0.1) is 11.3 Å². The third-order valence-corrected chi connectivity index (χ3v) is 4.97. The van der Waals surface area contributed by atoms with Crippen LogP contribution in [0.4, 0.5) is 0 Å². The standard InChI is InChI=1S/C21H17N3O2S/c25-20(18-12-7-13-27-18)22-17(14-15-8-3-1-4-9-15)21-23-19(24-26-21)16-10-5-2-6-11-16/h1-13,17H,14H2,(H,22,25). The molecule has 1 atom stereocenters. The van der Waals surface area contributed by atoms with Crippen molar-refractivity contribution < 1.29 is 9.32 Å². The monoisotopic (exact) mass is 375 g/mol. The molecule has 6 heteroatoms. The number of hydrogen-bond donors (Lipinski definition) is 1. The predicted molar refractivity (Wildman–Crippen MR) is 104 cm³/mol. The topological polar surface area (TPSA) is 68.0 Å². The van der Waals surface area contributed by atoms with E-state index in [9.17, 15) is 4.79 Å². The summed E-state index contributed by atoms with van der Waals surface area (Å²) in [4.78, 5) is 17.7. The molecule has 1 amide bonds. The Kier molecular flexibility index (Phi) is 5.07. The van der Waals surface area contributed by atoms with Crippen molar-refractivity contribution >= 4 is 17.2 Å². The summed E-state index contributed by atoms with van der Waals surface area (Å²) in [6, 6.07) is 22.8. The highest BCUT2D eigenvalue weighted by Crippen LogP contribution is 2.22. The first kappa shape index (κ1) is 17.2. The van der Waals surface area contributed by atoms with Crippen LogP contribution in [-0.2, 0) is 6.42 Å². The van der Waals surface area contributed by atoms with Gasteiger partial charge in [-0.2, -0.15) is 4.98 Å². The van der Waals surface area contributed by atoms with E-state index in [1.807, 2.05) is 72.1 Å². The molecule has 27 heavy (non-hydrogen) atoms. The number of aromatic nitrogens is 2. The summed E-state index contributed by atoms with van der Waals surface area (Å²) in [5.41, 5.74) is 1.95. The summed E-state index contributed by atoms with van der Waals surface area (Å²) in [7, 11) is 0. The van der Waals surface area contributed by atoms with Crippen molar-refractivity contribution in [3.8, 4) is 11.4 Å². The fraction of sp³-hybridized carbons (Fsp3) is 0.0952. The summed E-state index contributed by atoms with van der Waals surface area (Å²) in [5, 5.41) is 8.98. The molecule has 0 saturated carbocycles. The molecule has 4 rings (SSSR count). The van der Waals surface area contributed by atoms with Gasteiger partial charge in [-0.25, -0.2) is 0 Å². The lowest BCUT2D eigenvalue weighted by atomic mass is 10.1. The fourth-order valence-corrected chi connectivity index (χ4v) is 3.40. The average Bonchev–Trinajstić information content (AvgIpc) is 3.41. The second kappa shape index (κ2) is 7.97. The Hall–Kier alpha value is -3.25. The number of nitrogens with one attached hydrogen (secondary N) is 1. The summed E-state index contributed by atoms with van der Waals surface area (Å²) >= 11 is 1.40. The molecule has 0 aliphatic rings. The minimum absolute atomic E-state index is 0.148. The van der Waals surface area contributed by atoms with E-state index in [2.05, 4.69) is 15.5 Å². The maximum atomic E-state index is 12.6. The Morgan fingerprint density at radius 3 is 2.44 bits per heavy atom. The van der Waals surface area contributed by atoms with E-state index in [1.165, 1.54) is 11.3 Å². The third kappa shape index (κ3) is 4.12. The van der Waals surface area contributed by atoms with E-state index in [1.54, 1.807) is 6.07 Å². The van der Waals surface area contributed by atoms with Crippen LogP contribution in [0.2, 0.25) is 0 Å². The predicted octanol–water partition coefficient (Wildman–Crippen LogP) is 4.51. The molecule has 5 nitrogen and oxygen atoms in total. The molecule has 2 aromatic heterocycles. The van der Waals surface area contributed by atoms with Gasteiger partial charge in [-0.1, -0.05) is 71.9 Å². The van der Waals surface area contributed by atoms with Crippen LogP contribution in [0.5, 0.6) is 0 Å². The maximum Gasteiger partial charge on any atom is 0.262 e. The number of carbonyl (C=O) groups is 1. The van der Waals surface area contributed by atoms with Crippen LogP contribution in [0, 0.1) is 0 Å². The first-order valence-corrected chi connectivity index (χ1v) is 9.45. The van der Waals surface area contributed by atoms with E-state index in [0.29, 0.717) is 23.0 Å². The molecular weight excluding hydrogens is 358 g/mol. The molecule has 0 aliphatic carbocycles. The van der Waals surface area contributed by atoms with E-state index >= 15 is 0 Å². The normalized spacial score (nSPS) is 11.9. The Morgan fingerprint density at radius 2 is 1.74 bits per heavy atom. The van der Waals surface area contributed by atoms with Crippen LogP contribution in [0.3, 0.4) is 0 Å². The van der Waals surface area contributed by atoms with Crippen molar-refractivity contribution in [3.05, 3.63) is 94.5 Å². The molecule has 0 saturated heterocycles. The first-order chi connectivity index (χ1) is 13.3. The molecule has 4 aromatic rings. The summed E-state index contributed by atoms with van der Waals surface area (Å²) < 4.78 is 5.50. The molecule has 0 bridgehead atoms. The Balaban J connectivity index is 1.61. The molecule has 1 N–H and O–H groups in total. The number of hydrogen-bond acceptors (Lipinski definition) is 5. The highest BCUT2D eigenvalue weighted by molar-refractivity contribution is 7.12. The zero-order chi connectivity index (χ0) is 18.5. The van der Waals surface area contributed by atoms with Crippen molar-refractivity contribution in [2.45, 2.75) is 12.5 Å². The lowest BCUT2D eigenvalue weighted by Crippen LogP contribution is -2.29. The van der Waals surface area contributed by atoms with Gasteiger partial charge in [0, 0.05) is 12.0 Å². The van der Waals surface area contributed by atoms with Gasteiger partial charge in [-0.05, 0) is 17.0 Å². The van der Waals surface area contributed by atoms with Crippen molar-refractivity contribution in [2.75, 3.05) is 0 Å². The number of thiophene rings is 1. The van der Waals surface area contributed by atoms with Crippen LogP contribution < -0.4 is 5.32 Å². The number of amides is 1. The highest BCUT2D eigenvalue weighted by Gasteiger charge is 2.23. The van der Waals surface area contributed by atoms with Gasteiger partial charge in [-0.3, -0.25) is 4.79 Å². The van der Waals surface area contributed by atoms with Crippen LogP contribution >= 0.6 is 11.3 Å². The van der Waals surface area contributed by atoms with Gasteiger partial charge in [0.2, 0.25) is 11.7 Å². The summed E-state index contributed by atoms with van der Waals surface area (Å²) in [6.45, 7) is 0. The van der Waals surface area contributed by atoms with Gasteiger partial charge in [0.25, 0.3) is 5.91 Å². The summed E-state index contributed by atoms with van der Waals surface area (Å²) in [5.74, 6) is 0.752. The van der Waals surface area contributed by atoms with E-state index in [4.69, 9.17) is 4.52 Å².